The molecule has 1 aromatic rings. The van der Waals surface area contributed by atoms with Crippen molar-refractivity contribution in [3.8, 4) is 5.75 Å². The molecule has 1 N–H and O–H groups in total. The second kappa shape index (κ2) is 7.36. The molecule has 19 heavy (non-hydrogen) atoms. The number of rotatable bonds is 4. The molecule has 5 heteroatoms. The van der Waals surface area contributed by atoms with Crippen LogP contribution >= 0.6 is 27.5 Å². The Hall–Kier alpha value is -0.450. The molecule has 1 aliphatic heterocycles. The topological polar surface area (TPSA) is 30.5 Å². The third kappa shape index (κ3) is 4.26. The van der Waals surface area contributed by atoms with Crippen LogP contribution in [0.5, 0.6) is 5.75 Å². The van der Waals surface area contributed by atoms with Crippen LogP contribution in [0, 0.1) is 0 Å². The van der Waals surface area contributed by atoms with Crippen molar-refractivity contribution in [3.05, 3.63) is 21.6 Å². The summed E-state index contributed by atoms with van der Waals surface area (Å²) in [6.07, 6.45) is 3.20. The predicted molar refractivity (Wildman–Crippen MR) is 82.4 cm³/mol. The van der Waals surface area contributed by atoms with Gasteiger partial charge in [0.2, 0.25) is 0 Å². The van der Waals surface area contributed by atoms with Crippen molar-refractivity contribution in [2.24, 2.45) is 0 Å². The minimum atomic E-state index is 0.409. The molecule has 1 aliphatic rings. The highest BCUT2D eigenvalue weighted by atomic mass is 79.9. The van der Waals surface area contributed by atoms with Crippen molar-refractivity contribution in [1.29, 1.82) is 0 Å². The van der Waals surface area contributed by atoms with Crippen LogP contribution in [0.4, 0.5) is 5.69 Å². The summed E-state index contributed by atoms with van der Waals surface area (Å²) < 4.78 is 12.1. The Balaban J connectivity index is 2.17. The number of anilines is 1. The third-order valence-corrected chi connectivity index (χ3v) is 3.92. The highest BCUT2D eigenvalue weighted by Gasteiger charge is 2.16. The number of halogens is 2. The average Bonchev–Trinajstić information content (AvgIpc) is 2.62. The number of nitrogens with one attached hydrogen (secondary N) is 1. The molecule has 0 spiro atoms. The molecule has 1 saturated heterocycles. The van der Waals surface area contributed by atoms with Crippen LogP contribution in [0.3, 0.4) is 0 Å². The van der Waals surface area contributed by atoms with Gasteiger partial charge in [-0.15, -0.1) is 0 Å². The molecule has 0 aromatic heterocycles. The summed E-state index contributed by atoms with van der Waals surface area (Å²) in [5.41, 5.74) is 0.952. The standard InChI is InChI=1S/C14H19BrClNO2/c1-2-19-14-12(15)8-10(16)9-13(14)17-11-4-3-6-18-7-5-11/h8-9,11,17H,2-7H2,1H3. The van der Waals surface area contributed by atoms with E-state index in [4.69, 9.17) is 21.1 Å². The van der Waals surface area contributed by atoms with Gasteiger partial charge in [0.05, 0.1) is 16.8 Å². The van der Waals surface area contributed by atoms with Crippen molar-refractivity contribution >= 4 is 33.2 Å². The molecule has 1 fully saturated rings. The van der Waals surface area contributed by atoms with Crippen LogP contribution in [0.1, 0.15) is 26.2 Å². The molecule has 0 amide bonds. The zero-order valence-corrected chi connectivity index (χ0v) is 13.4. The number of ether oxygens (including phenoxy) is 2. The monoisotopic (exact) mass is 347 g/mol. The number of benzene rings is 1. The van der Waals surface area contributed by atoms with Crippen molar-refractivity contribution < 1.29 is 9.47 Å². The zero-order valence-electron chi connectivity index (χ0n) is 11.0. The Morgan fingerprint density at radius 1 is 1.42 bits per heavy atom. The van der Waals surface area contributed by atoms with Crippen LogP contribution < -0.4 is 10.1 Å². The first-order valence-electron chi connectivity index (χ1n) is 6.67. The molecule has 106 valence electrons. The van der Waals surface area contributed by atoms with Gasteiger partial charge in [-0.05, 0) is 54.2 Å². The first kappa shape index (κ1) is 14.9. The summed E-state index contributed by atoms with van der Waals surface area (Å²) in [7, 11) is 0. The fourth-order valence-electron chi connectivity index (χ4n) is 2.23. The van der Waals surface area contributed by atoms with E-state index >= 15 is 0 Å². The lowest BCUT2D eigenvalue weighted by molar-refractivity contribution is 0.144. The maximum Gasteiger partial charge on any atom is 0.156 e. The second-order valence-corrected chi connectivity index (χ2v) is 5.87. The van der Waals surface area contributed by atoms with Crippen molar-refractivity contribution in [2.75, 3.05) is 25.1 Å². The Morgan fingerprint density at radius 2 is 2.26 bits per heavy atom. The number of hydrogen-bond acceptors (Lipinski definition) is 3. The van der Waals surface area contributed by atoms with Crippen LogP contribution in [0.15, 0.2) is 16.6 Å². The molecule has 1 heterocycles. The fourth-order valence-corrected chi connectivity index (χ4v) is 3.15. The summed E-state index contributed by atoms with van der Waals surface area (Å²) in [5, 5.41) is 4.23. The van der Waals surface area contributed by atoms with Gasteiger partial charge in [0, 0.05) is 24.3 Å². The normalized spacial score (nSPS) is 19.8. The smallest absolute Gasteiger partial charge is 0.156 e. The largest absolute Gasteiger partial charge is 0.491 e. The average molecular weight is 349 g/mol. The lowest BCUT2D eigenvalue weighted by Gasteiger charge is -2.20. The van der Waals surface area contributed by atoms with Crippen LogP contribution in [-0.4, -0.2) is 25.9 Å². The molecule has 1 aromatic carbocycles. The summed E-state index contributed by atoms with van der Waals surface area (Å²) in [6, 6.07) is 4.18. The molecule has 2 rings (SSSR count). The Bertz CT molecular complexity index is 420. The number of hydrogen-bond donors (Lipinski definition) is 1. The van der Waals surface area contributed by atoms with E-state index in [0.717, 1.165) is 48.4 Å². The molecular formula is C14H19BrClNO2. The molecule has 0 aliphatic carbocycles. The van der Waals surface area contributed by atoms with E-state index in [-0.39, 0.29) is 0 Å². The molecule has 1 unspecified atom stereocenters. The maximum atomic E-state index is 6.12. The van der Waals surface area contributed by atoms with Gasteiger partial charge >= 0.3 is 0 Å². The van der Waals surface area contributed by atoms with Crippen molar-refractivity contribution in [2.45, 2.75) is 32.2 Å². The van der Waals surface area contributed by atoms with Crippen molar-refractivity contribution in [1.82, 2.24) is 0 Å². The first-order chi connectivity index (χ1) is 9.20. The molecule has 0 radical (unpaired) electrons. The van der Waals surface area contributed by atoms with E-state index < -0.39 is 0 Å². The maximum absolute atomic E-state index is 6.12. The van der Waals surface area contributed by atoms with Crippen LogP contribution in [-0.2, 0) is 4.74 Å². The van der Waals surface area contributed by atoms with Gasteiger partial charge in [0.1, 0.15) is 0 Å². The SMILES string of the molecule is CCOc1c(Br)cc(Cl)cc1NC1CCCOCC1. The van der Waals surface area contributed by atoms with E-state index in [0.29, 0.717) is 17.7 Å². The van der Waals surface area contributed by atoms with E-state index in [1.807, 2.05) is 19.1 Å². The van der Waals surface area contributed by atoms with Crippen LogP contribution in [0.2, 0.25) is 5.02 Å². The minimum absolute atomic E-state index is 0.409. The summed E-state index contributed by atoms with van der Waals surface area (Å²) >= 11 is 9.63. The van der Waals surface area contributed by atoms with Gasteiger partial charge in [-0.25, -0.2) is 0 Å². The lowest BCUT2D eigenvalue weighted by atomic mass is 10.1. The van der Waals surface area contributed by atoms with Crippen LogP contribution in [0.25, 0.3) is 0 Å². The summed E-state index contributed by atoms with van der Waals surface area (Å²) in [6.45, 7) is 4.27. The molecule has 0 bridgehead atoms. The van der Waals surface area contributed by atoms with Crippen molar-refractivity contribution in [3.63, 3.8) is 0 Å². The Kier molecular flexibility index (Phi) is 5.79. The van der Waals surface area contributed by atoms with E-state index in [1.54, 1.807) is 0 Å². The minimum Gasteiger partial charge on any atom is -0.491 e. The highest BCUT2D eigenvalue weighted by molar-refractivity contribution is 9.10. The quantitative estimate of drug-likeness (QED) is 0.870. The van der Waals surface area contributed by atoms with Gasteiger partial charge in [0.25, 0.3) is 0 Å². The van der Waals surface area contributed by atoms with Gasteiger partial charge < -0.3 is 14.8 Å². The third-order valence-electron chi connectivity index (χ3n) is 3.11. The van der Waals surface area contributed by atoms with Gasteiger partial charge in [-0.1, -0.05) is 11.6 Å². The zero-order chi connectivity index (χ0) is 13.7. The first-order valence-corrected chi connectivity index (χ1v) is 7.84. The second-order valence-electron chi connectivity index (χ2n) is 4.58. The molecule has 3 nitrogen and oxygen atoms in total. The molecule has 0 saturated carbocycles. The predicted octanol–water partition coefficient (Wildman–Crippen LogP) is 4.48. The van der Waals surface area contributed by atoms with E-state index in [1.165, 1.54) is 0 Å². The van der Waals surface area contributed by atoms with E-state index in [2.05, 4.69) is 21.2 Å². The van der Waals surface area contributed by atoms with E-state index in [9.17, 15) is 0 Å². The van der Waals surface area contributed by atoms with Gasteiger partial charge in [-0.3, -0.25) is 0 Å². The summed E-state index contributed by atoms with van der Waals surface area (Å²) in [4.78, 5) is 0. The fraction of sp³-hybridized carbons (Fsp3) is 0.571. The highest BCUT2D eigenvalue weighted by Crippen LogP contribution is 2.37. The molecule has 1 atom stereocenters. The Labute approximate surface area is 127 Å². The van der Waals surface area contributed by atoms with Gasteiger partial charge in [-0.2, -0.15) is 0 Å². The summed E-state index contributed by atoms with van der Waals surface area (Å²) in [5.74, 6) is 0.831. The lowest BCUT2D eigenvalue weighted by Crippen LogP contribution is -2.20. The molecular weight excluding hydrogens is 330 g/mol. The Morgan fingerprint density at radius 3 is 3.05 bits per heavy atom. The van der Waals surface area contributed by atoms with Gasteiger partial charge in [0.15, 0.2) is 5.75 Å².